The van der Waals surface area contributed by atoms with Crippen LogP contribution < -0.4 is 4.90 Å². The zero-order valence-electron chi connectivity index (χ0n) is 33.2. The van der Waals surface area contributed by atoms with Gasteiger partial charge in [-0.1, -0.05) is 172 Å². The lowest BCUT2D eigenvalue weighted by molar-refractivity contribution is 0.661. The van der Waals surface area contributed by atoms with Crippen LogP contribution in [0.25, 0.3) is 72.0 Å². The van der Waals surface area contributed by atoms with E-state index in [1.54, 1.807) is 0 Å². The van der Waals surface area contributed by atoms with Gasteiger partial charge in [0.05, 0.1) is 16.9 Å². The van der Waals surface area contributed by atoms with Crippen molar-refractivity contribution in [2.24, 2.45) is 0 Å². The lowest BCUT2D eigenvalue weighted by Gasteiger charge is -2.27. The quantitative estimate of drug-likeness (QED) is 0.157. The van der Waals surface area contributed by atoms with E-state index in [2.05, 4.69) is 242 Å². The summed E-state index contributed by atoms with van der Waals surface area (Å²) in [5.41, 5.74) is 18.2. The second-order valence-corrected chi connectivity index (χ2v) is 16.1. The van der Waals surface area contributed by atoms with Crippen molar-refractivity contribution < 1.29 is 0 Å². The van der Waals surface area contributed by atoms with Crippen molar-refractivity contribution in [3.63, 3.8) is 0 Å². The van der Waals surface area contributed by atoms with E-state index in [0.717, 1.165) is 22.7 Å². The molecule has 1 aliphatic rings. The Morgan fingerprint density at radius 3 is 1.71 bits per heavy atom. The minimum absolute atomic E-state index is 0.209. The first-order chi connectivity index (χ1) is 29.0. The summed E-state index contributed by atoms with van der Waals surface area (Å²) in [6, 6.07) is 79.7. The Bertz CT molecular complexity index is 3140. The van der Waals surface area contributed by atoms with Crippen LogP contribution in [0.3, 0.4) is 0 Å². The third-order valence-electron chi connectivity index (χ3n) is 12.4. The molecule has 0 saturated carbocycles. The van der Waals surface area contributed by atoms with Gasteiger partial charge in [0.1, 0.15) is 0 Å². The molecular weight excluding hydrogens is 713 g/mol. The molecule has 10 aromatic rings. The van der Waals surface area contributed by atoms with Gasteiger partial charge in [-0.25, -0.2) is 0 Å². The van der Waals surface area contributed by atoms with E-state index < -0.39 is 0 Å². The molecule has 0 N–H and O–H groups in total. The molecule has 1 aromatic heterocycles. The maximum absolute atomic E-state index is 2.48. The number of anilines is 3. The van der Waals surface area contributed by atoms with Gasteiger partial charge >= 0.3 is 0 Å². The summed E-state index contributed by atoms with van der Waals surface area (Å²) in [6.07, 6.45) is 0. The summed E-state index contributed by atoms with van der Waals surface area (Å²) in [5, 5.41) is 3.71. The monoisotopic (exact) mass is 754 g/mol. The molecule has 0 saturated heterocycles. The van der Waals surface area contributed by atoms with Crippen molar-refractivity contribution in [3.05, 3.63) is 230 Å². The van der Waals surface area contributed by atoms with Crippen LogP contribution in [0.1, 0.15) is 25.0 Å². The van der Waals surface area contributed by atoms with Crippen molar-refractivity contribution >= 4 is 38.7 Å². The molecule has 1 aliphatic carbocycles. The molecular formula is C57H42N2. The van der Waals surface area contributed by atoms with Crippen molar-refractivity contribution in [3.8, 4) is 50.3 Å². The largest absolute Gasteiger partial charge is 0.310 e. The molecule has 0 fully saturated rings. The molecule has 0 atom stereocenters. The van der Waals surface area contributed by atoms with Gasteiger partial charge in [-0.3, -0.25) is 0 Å². The Balaban J connectivity index is 1.05. The summed E-state index contributed by atoms with van der Waals surface area (Å²) in [7, 11) is 0. The van der Waals surface area contributed by atoms with Crippen LogP contribution in [0.5, 0.6) is 0 Å². The molecule has 0 amide bonds. The minimum atomic E-state index is -0.209. The Morgan fingerprint density at radius 2 is 0.983 bits per heavy atom. The zero-order chi connectivity index (χ0) is 39.5. The second-order valence-electron chi connectivity index (χ2n) is 16.1. The Morgan fingerprint density at radius 1 is 0.407 bits per heavy atom. The molecule has 11 rings (SSSR count). The van der Waals surface area contributed by atoms with Crippen LogP contribution in [0.4, 0.5) is 17.1 Å². The molecule has 2 nitrogen and oxygen atoms in total. The Kier molecular flexibility index (Phi) is 8.20. The zero-order valence-corrected chi connectivity index (χ0v) is 33.2. The number of rotatable bonds is 7. The van der Waals surface area contributed by atoms with Crippen molar-refractivity contribution in [2.75, 3.05) is 4.90 Å². The van der Waals surface area contributed by atoms with E-state index in [9.17, 15) is 0 Å². The van der Waals surface area contributed by atoms with Gasteiger partial charge in [-0.15, -0.1) is 0 Å². The molecule has 0 unspecified atom stereocenters. The number of hydrogen-bond acceptors (Lipinski definition) is 1. The molecule has 280 valence electrons. The van der Waals surface area contributed by atoms with Crippen LogP contribution in [-0.2, 0) is 5.41 Å². The van der Waals surface area contributed by atoms with Crippen LogP contribution in [0.15, 0.2) is 218 Å². The maximum Gasteiger partial charge on any atom is 0.0619 e. The standard InChI is InChI=1S/C57H42N2/c1-57(2)51-36-43(39-30-33-46(34-31-39)58(44-24-11-5-12-25-44)53-29-17-23-40-18-15-16-28-47(40)53)32-35-48(51)49-37-50-54(38-52(49)57)59(45-26-13-6-14-27-45)56(42-21-9-4-10-22-42)55(50)41-19-7-3-8-20-41/h3-38H,1-2H3. The normalized spacial score (nSPS) is 12.7. The molecule has 1 heterocycles. The lowest BCUT2D eigenvalue weighted by Crippen LogP contribution is -2.15. The molecule has 9 aromatic carbocycles. The molecule has 59 heavy (non-hydrogen) atoms. The van der Waals surface area contributed by atoms with Crippen LogP contribution in [0.2, 0.25) is 0 Å². The van der Waals surface area contributed by atoms with E-state index in [4.69, 9.17) is 0 Å². The van der Waals surface area contributed by atoms with Crippen molar-refractivity contribution in [2.45, 2.75) is 19.3 Å². The van der Waals surface area contributed by atoms with Crippen LogP contribution >= 0.6 is 0 Å². The van der Waals surface area contributed by atoms with Gasteiger partial charge in [0.15, 0.2) is 0 Å². The number of nitrogens with zero attached hydrogens (tertiary/aromatic N) is 2. The summed E-state index contributed by atoms with van der Waals surface area (Å²) in [6.45, 7) is 4.79. The first kappa shape index (κ1) is 34.8. The number of para-hydroxylation sites is 2. The van der Waals surface area contributed by atoms with Crippen molar-refractivity contribution in [1.29, 1.82) is 0 Å². The van der Waals surface area contributed by atoms with E-state index >= 15 is 0 Å². The highest BCUT2D eigenvalue weighted by atomic mass is 15.1. The minimum Gasteiger partial charge on any atom is -0.310 e. The van der Waals surface area contributed by atoms with E-state index in [0.29, 0.717) is 0 Å². The van der Waals surface area contributed by atoms with Crippen molar-refractivity contribution in [1.82, 2.24) is 4.57 Å². The molecule has 0 aliphatic heterocycles. The van der Waals surface area contributed by atoms with E-state index in [1.807, 2.05) is 0 Å². The summed E-state index contributed by atoms with van der Waals surface area (Å²) in [5.74, 6) is 0. The van der Waals surface area contributed by atoms with E-state index in [1.165, 1.54) is 77.4 Å². The number of hydrogen-bond donors (Lipinski definition) is 0. The summed E-state index contributed by atoms with van der Waals surface area (Å²) >= 11 is 0. The van der Waals surface area contributed by atoms with Gasteiger partial charge < -0.3 is 9.47 Å². The van der Waals surface area contributed by atoms with E-state index in [-0.39, 0.29) is 5.41 Å². The molecule has 0 radical (unpaired) electrons. The highest BCUT2D eigenvalue weighted by Gasteiger charge is 2.37. The maximum atomic E-state index is 2.48. The fourth-order valence-corrected chi connectivity index (χ4v) is 9.52. The summed E-state index contributed by atoms with van der Waals surface area (Å²) in [4.78, 5) is 2.37. The topological polar surface area (TPSA) is 8.17 Å². The Hall–Kier alpha value is -7.42. The number of benzene rings is 9. The lowest BCUT2D eigenvalue weighted by atomic mass is 9.81. The molecule has 0 bridgehead atoms. The molecule has 2 heteroatoms. The molecule has 0 spiro atoms. The van der Waals surface area contributed by atoms with Crippen LogP contribution in [0, 0.1) is 0 Å². The first-order valence-electron chi connectivity index (χ1n) is 20.5. The SMILES string of the molecule is CC1(C)c2cc(-c3ccc(N(c4ccccc4)c4cccc5ccccc45)cc3)ccc2-c2cc3c(-c4ccccc4)c(-c4ccccc4)n(-c4ccccc4)c3cc21. The van der Waals surface area contributed by atoms with Gasteiger partial charge in [-0.05, 0) is 111 Å². The Labute approximate surface area is 345 Å². The average Bonchev–Trinajstić information content (AvgIpc) is 3.75. The third-order valence-corrected chi connectivity index (χ3v) is 12.4. The van der Waals surface area contributed by atoms with Gasteiger partial charge in [0.25, 0.3) is 0 Å². The fourth-order valence-electron chi connectivity index (χ4n) is 9.52. The smallest absolute Gasteiger partial charge is 0.0619 e. The van der Waals surface area contributed by atoms with Gasteiger partial charge in [-0.2, -0.15) is 0 Å². The second kappa shape index (κ2) is 13.9. The van der Waals surface area contributed by atoms with Gasteiger partial charge in [0, 0.05) is 38.8 Å². The number of aromatic nitrogens is 1. The first-order valence-corrected chi connectivity index (χ1v) is 20.5. The van der Waals surface area contributed by atoms with Crippen LogP contribution in [-0.4, -0.2) is 4.57 Å². The predicted octanol–water partition coefficient (Wildman–Crippen LogP) is 15.6. The average molecular weight is 755 g/mol. The fraction of sp³-hybridized carbons (Fsp3) is 0.0526. The summed E-state index contributed by atoms with van der Waals surface area (Å²) < 4.78 is 2.48. The highest BCUT2D eigenvalue weighted by molar-refractivity contribution is 6.09. The number of fused-ring (bicyclic) bond motifs is 5. The predicted molar refractivity (Wildman–Crippen MR) is 249 cm³/mol. The highest BCUT2D eigenvalue weighted by Crippen LogP contribution is 2.53. The van der Waals surface area contributed by atoms with Gasteiger partial charge in [0.2, 0.25) is 0 Å². The third kappa shape index (κ3) is 5.71.